The fraction of sp³-hybridized carbons (Fsp3) is 0.333. The summed E-state index contributed by atoms with van der Waals surface area (Å²) in [5.74, 6) is 1.81. The standard InChI is InChI=1S/C18H21BrN2O2/c1-20-12-21(10-13-4-6-14(19)7-5-13)11-15-16(22-2)8-9-17(23-3)18(15)20/h4-9H,10-12H2,1-3H3. The van der Waals surface area contributed by atoms with Crippen molar-refractivity contribution in [3.05, 3.63) is 52.0 Å². The molecule has 23 heavy (non-hydrogen) atoms. The molecule has 0 saturated heterocycles. The van der Waals surface area contributed by atoms with Gasteiger partial charge in [-0.2, -0.15) is 0 Å². The number of nitrogens with zero attached hydrogens (tertiary/aromatic N) is 2. The fourth-order valence-electron chi connectivity index (χ4n) is 3.12. The monoisotopic (exact) mass is 376 g/mol. The van der Waals surface area contributed by atoms with E-state index in [2.05, 4.69) is 57.0 Å². The lowest BCUT2D eigenvalue weighted by Gasteiger charge is -2.37. The molecule has 2 aromatic carbocycles. The van der Waals surface area contributed by atoms with Crippen molar-refractivity contribution in [2.45, 2.75) is 13.1 Å². The summed E-state index contributed by atoms with van der Waals surface area (Å²) >= 11 is 3.48. The van der Waals surface area contributed by atoms with E-state index in [9.17, 15) is 0 Å². The van der Waals surface area contributed by atoms with Crippen molar-refractivity contribution in [1.82, 2.24) is 4.90 Å². The van der Waals surface area contributed by atoms with Crippen LogP contribution in [0.4, 0.5) is 5.69 Å². The third kappa shape index (κ3) is 3.31. The molecule has 0 spiro atoms. The van der Waals surface area contributed by atoms with Crippen molar-refractivity contribution in [3.63, 3.8) is 0 Å². The molecule has 0 amide bonds. The maximum atomic E-state index is 5.56. The average Bonchev–Trinajstić information content (AvgIpc) is 2.56. The molecular weight excluding hydrogens is 356 g/mol. The summed E-state index contributed by atoms with van der Waals surface area (Å²) in [6, 6.07) is 12.4. The average molecular weight is 377 g/mol. The topological polar surface area (TPSA) is 24.9 Å². The van der Waals surface area contributed by atoms with Crippen LogP contribution < -0.4 is 14.4 Å². The highest BCUT2D eigenvalue weighted by atomic mass is 79.9. The lowest BCUT2D eigenvalue weighted by Crippen LogP contribution is -2.40. The summed E-state index contributed by atoms with van der Waals surface area (Å²) in [7, 11) is 5.52. The Hall–Kier alpha value is -1.72. The van der Waals surface area contributed by atoms with Gasteiger partial charge in [-0.15, -0.1) is 0 Å². The molecule has 0 unspecified atom stereocenters. The Morgan fingerprint density at radius 1 is 1.00 bits per heavy atom. The SMILES string of the molecule is COc1ccc(OC)c2c1CN(Cc1ccc(Br)cc1)CN2C. The predicted molar refractivity (Wildman–Crippen MR) is 96.2 cm³/mol. The van der Waals surface area contributed by atoms with E-state index >= 15 is 0 Å². The number of rotatable bonds is 4. The number of fused-ring (bicyclic) bond motifs is 1. The van der Waals surface area contributed by atoms with Gasteiger partial charge in [0, 0.05) is 30.2 Å². The zero-order valence-corrected chi connectivity index (χ0v) is 15.3. The lowest BCUT2D eigenvalue weighted by molar-refractivity contribution is 0.241. The molecule has 1 aliphatic heterocycles. The molecule has 2 aromatic rings. The maximum absolute atomic E-state index is 5.56. The molecular formula is C18H21BrN2O2. The van der Waals surface area contributed by atoms with Crippen LogP contribution >= 0.6 is 15.9 Å². The molecule has 1 aliphatic rings. The summed E-state index contributed by atoms with van der Waals surface area (Å²) in [4.78, 5) is 4.62. The molecule has 0 N–H and O–H groups in total. The third-order valence-corrected chi connectivity index (χ3v) is 4.67. The Bertz CT molecular complexity index is 688. The van der Waals surface area contributed by atoms with Crippen LogP contribution in [-0.4, -0.2) is 32.8 Å². The molecule has 0 aromatic heterocycles. The Morgan fingerprint density at radius 3 is 2.30 bits per heavy atom. The molecule has 122 valence electrons. The first-order valence-corrected chi connectivity index (χ1v) is 8.33. The minimum absolute atomic E-state index is 0.843. The van der Waals surface area contributed by atoms with Crippen molar-refractivity contribution in [2.75, 3.05) is 32.8 Å². The van der Waals surface area contributed by atoms with Crippen LogP contribution in [0.2, 0.25) is 0 Å². The van der Waals surface area contributed by atoms with Crippen LogP contribution in [0.5, 0.6) is 11.5 Å². The second-order valence-electron chi connectivity index (χ2n) is 5.75. The van der Waals surface area contributed by atoms with Gasteiger partial charge in [-0.25, -0.2) is 0 Å². The van der Waals surface area contributed by atoms with Gasteiger partial charge in [0.15, 0.2) is 0 Å². The van der Waals surface area contributed by atoms with E-state index in [0.29, 0.717) is 0 Å². The number of hydrogen-bond acceptors (Lipinski definition) is 4. The number of anilines is 1. The van der Waals surface area contributed by atoms with Gasteiger partial charge in [0.05, 0.1) is 26.6 Å². The van der Waals surface area contributed by atoms with Gasteiger partial charge in [-0.3, -0.25) is 4.90 Å². The first-order valence-electron chi connectivity index (χ1n) is 7.54. The van der Waals surface area contributed by atoms with E-state index in [-0.39, 0.29) is 0 Å². The van der Waals surface area contributed by atoms with Gasteiger partial charge in [0.1, 0.15) is 11.5 Å². The smallest absolute Gasteiger partial charge is 0.142 e. The van der Waals surface area contributed by atoms with E-state index < -0.39 is 0 Å². The largest absolute Gasteiger partial charge is 0.496 e. The van der Waals surface area contributed by atoms with Gasteiger partial charge in [-0.05, 0) is 29.8 Å². The molecule has 0 bridgehead atoms. The first kappa shape index (κ1) is 16.1. The summed E-state index contributed by atoms with van der Waals surface area (Å²) in [5, 5.41) is 0. The predicted octanol–water partition coefficient (Wildman–Crippen LogP) is 3.88. The Labute approximate surface area is 145 Å². The molecule has 4 nitrogen and oxygen atoms in total. The second-order valence-corrected chi connectivity index (χ2v) is 6.67. The van der Waals surface area contributed by atoms with Crippen molar-refractivity contribution in [3.8, 4) is 11.5 Å². The fourth-order valence-corrected chi connectivity index (χ4v) is 3.39. The van der Waals surface area contributed by atoms with Gasteiger partial charge >= 0.3 is 0 Å². The minimum atomic E-state index is 0.843. The normalized spacial score (nSPS) is 14.5. The van der Waals surface area contributed by atoms with E-state index in [0.717, 1.165) is 41.4 Å². The van der Waals surface area contributed by atoms with Gasteiger partial charge in [0.2, 0.25) is 0 Å². The lowest BCUT2D eigenvalue weighted by atomic mass is 10.1. The van der Waals surface area contributed by atoms with Crippen molar-refractivity contribution in [1.29, 1.82) is 0 Å². The number of halogens is 1. The summed E-state index contributed by atoms with van der Waals surface area (Å²) in [5.41, 5.74) is 3.60. The number of methoxy groups -OCH3 is 2. The van der Waals surface area contributed by atoms with E-state index in [4.69, 9.17) is 9.47 Å². The zero-order valence-electron chi connectivity index (χ0n) is 13.7. The van der Waals surface area contributed by atoms with Gasteiger partial charge in [0.25, 0.3) is 0 Å². The van der Waals surface area contributed by atoms with Crippen LogP contribution in [0.25, 0.3) is 0 Å². The summed E-state index contributed by atoms with van der Waals surface area (Å²) in [6.07, 6.45) is 0. The molecule has 5 heteroatoms. The van der Waals surface area contributed by atoms with Crippen LogP contribution in [0.1, 0.15) is 11.1 Å². The van der Waals surface area contributed by atoms with Gasteiger partial charge < -0.3 is 14.4 Å². The summed E-state index contributed by atoms with van der Waals surface area (Å²) < 4.78 is 12.2. The van der Waals surface area contributed by atoms with E-state index in [1.54, 1.807) is 14.2 Å². The van der Waals surface area contributed by atoms with Crippen LogP contribution in [0.3, 0.4) is 0 Å². The van der Waals surface area contributed by atoms with Crippen LogP contribution in [0, 0.1) is 0 Å². The molecule has 0 fully saturated rings. The number of benzene rings is 2. The Kier molecular flexibility index (Phi) is 4.78. The second kappa shape index (κ2) is 6.81. The van der Waals surface area contributed by atoms with Crippen LogP contribution in [0.15, 0.2) is 40.9 Å². The molecule has 0 saturated carbocycles. The summed E-state index contributed by atoms with van der Waals surface area (Å²) in [6.45, 7) is 2.60. The van der Waals surface area contributed by atoms with Crippen molar-refractivity contribution < 1.29 is 9.47 Å². The van der Waals surface area contributed by atoms with Gasteiger partial charge in [-0.1, -0.05) is 28.1 Å². The molecule has 0 aliphatic carbocycles. The molecule has 0 atom stereocenters. The third-order valence-electron chi connectivity index (χ3n) is 4.14. The van der Waals surface area contributed by atoms with Crippen molar-refractivity contribution >= 4 is 21.6 Å². The highest BCUT2D eigenvalue weighted by Crippen LogP contribution is 2.41. The zero-order chi connectivity index (χ0) is 16.4. The van der Waals surface area contributed by atoms with E-state index in [1.807, 2.05) is 12.1 Å². The Morgan fingerprint density at radius 2 is 1.65 bits per heavy atom. The first-order chi connectivity index (χ1) is 11.1. The maximum Gasteiger partial charge on any atom is 0.142 e. The number of ether oxygens (including phenoxy) is 2. The van der Waals surface area contributed by atoms with Crippen LogP contribution in [-0.2, 0) is 13.1 Å². The number of hydrogen-bond donors (Lipinski definition) is 0. The Balaban J connectivity index is 1.88. The molecule has 0 radical (unpaired) electrons. The minimum Gasteiger partial charge on any atom is -0.496 e. The van der Waals surface area contributed by atoms with E-state index in [1.165, 1.54) is 11.1 Å². The molecule has 1 heterocycles. The van der Waals surface area contributed by atoms with Crippen molar-refractivity contribution in [2.24, 2.45) is 0 Å². The highest BCUT2D eigenvalue weighted by Gasteiger charge is 2.26. The molecule has 3 rings (SSSR count). The highest BCUT2D eigenvalue weighted by molar-refractivity contribution is 9.10. The quantitative estimate of drug-likeness (QED) is 0.808.